The van der Waals surface area contributed by atoms with E-state index in [1.807, 2.05) is 35.2 Å². The van der Waals surface area contributed by atoms with Gasteiger partial charge in [0.05, 0.1) is 5.51 Å². The average molecular weight is 330 g/mol. The van der Waals surface area contributed by atoms with Gasteiger partial charge in [0.2, 0.25) is 0 Å². The monoisotopic (exact) mass is 330 g/mol. The van der Waals surface area contributed by atoms with Crippen molar-refractivity contribution in [1.29, 1.82) is 0 Å². The first-order valence-corrected chi connectivity index (χ1v) is 8.71. The molecule has 5 nitrogen and oxygen atoms in total. The number of para-hydroxylation sites is 1. The Morgan fingerprint density at radius 1 is 1.39 bits per heavy atom. The molecule has 0 saturated carbocycles. The second kappa shape index (κ2) is 7.10. The van der Waals surface area contributed by atoms with E-state index in [9.17, 15) is 4.79 Å². The molecular weight excluding hydrogens is 308 g/mol. The van der Waals surface area contributed by atoms with Crippen LogP contribution < -0.4 is 5.32 Å². The SMILES string of the molecule is CN(C)C[C@@H]1CCN(C(=O)c2ncsc2Nc2ccccc2)C1. The molecule has 1 aromatic carbocycles. The molecular formula is C17H22N4OS. The lowest BCUT2D eigenvalue weighted by molar-refractivity contribution is 0.0781. The number of nitrogens with one attached hydrogen (secondary N) is 1. The summed E-state index contributed by atoms with van der Waals surface area (Å²) < 4.78 is 0. The Morgan fingerprint density at radius 2 is 2.17 bits per heavy atom. The van der Waals surface area contributed by atoms with Gasteiger partial charge in [-0.05, 0) is 38.6 Å². The molecule has 3 rings (SSSR count). The van der Waals surface area contributed by atoms with Gasteiger partial charge in [0, 0.05) is 25.3 Å². The van der Waals surface area contributed by atoms with E-state index in [0.717, 1.165) is 36.7 Å². The zero-order valence-corrected chi connectivity index (χ0v) is 14.3. The fourth-order valence-electron chi connectivity index (χ4n) is 2.97. The minimum Gasteiger partial charge on any atom is -0.345 e. The van der Waals surface area contributed by atoms with Crippen molar-refractivity contribution in [2.24, 2.45) is 5.92 Å². The standard InChI is InChI=1S/C17H22N4OS/c1-20(2)10-13-8-9-21(11-13)17(22)15-16(23-12-18-15)19-14-6-4-3-5-7-14/h3-7,12-13,19H,8-11H2,1-2H3/t13-/m0/s1. The van der Waals surface area contributed by atoms with Crippen molar-refractivity contribution in [1.82, 2.24) is 14.8 Å². The first-order valence-electron chi connectivity index (χ1n) is 7.83. The van der Waals surface area contributed by atoms with E-state index in [1.165, 1.54) is 11.3 Å². The van der Waals surface area contributed by atoms with Crippen LogP contribution in [0.2, 0.25) is 0 Å². The highest BCUT2D eigenvalue weighted by Crippen LogP contribution is 2.27. The fourth-order valence-corrected chi connectivity index (χ4v) is 3.66. The van der Waals surface area contributed by atoms with E-state index in [0.29, 0.717) is 11.6 Å². The number of hydrogen-bond donors (Lipinski definition) is 1. The summed E-state index contributed by atoms with van der Waals surface area (Å²) >= 11 is 1.46. The van der Waals surface area contributed by atoms with Crippen LogP contribution in [0.25, 0.3) is 0 Å². The molecule has 2 heterocycles. The van der Waals surface area contributed by atoms with E-state index in [2.05, 4.69) is 29.3 Å². The first-order chi connectivity index (χ1) is 11.1. The van der Waals surface area contributed by atoms with Gasteiger partial charge in [-0.15, -0.1) is 11.3 Å². The number of likely N-dealkylation sites (tertiary alicyclic amines) is 1. The maximum atomic E-state index is 12.8. The van der Waals surface area contributed by atoms with Crippen LogP contribution in [0.4, 0.5) is 10.7 Å². The van der Waals surface area contributed by atoms with Gasteiger partial charge in [-0.1, -0.05) is 18.2 Å². The van der Waals surface area contributed by atoms with Crippen LogP contribution in [-0.4, -0.2) is 54.4 Å². The molecule has 6 heteroatoms. The molecule has 0 radical (unpaired) electrons. The molecule has 0 bridgehead atoms. The molecule has 2 aromatic rings. The van der Waals surface area contributed by atoms with E-state index in [-0.39, 0.29) is 5.91 Å². The summed E-state index contributed by atoms with van der Waals surface area (Å²) in [7, 11) is 4.15. The summed E-state index contributed by atoms with van der Waals surface area (Å²) in [5.41, 5.74) is 3.23. The number of hydrogen-bond acceptors (Lipinski definition) is 5. The van der Waals surface area contributed by atoms with Crippen molar-refractivity contribution in [2.45, 2.75) is 6.42 Å². The first kappa shape index (κ1) is 16.0. The molecule has 1 amide bonds. The zero-order valence-electron chi connectivity index (χ0n) is 13.5. The number of anilines is 2. The van der Waals surface area contributed by atoms with Gasteiger partial charge in [-0.25, -0.2) is 4.98 Å². The Hall–Kier alpha value is -1.92. The van der Waals surface area contributed by atoms with Crippen LogP contribution in [0, 0.1) is 5.92 Å². The average Bonchev–Trinajstić information content (AvgIpc) is 3.16. The number of nitrogens with zero attached hydrogens (tertiary/aromatic N) is 3. The Kier molecular flexibility index (Phi) is 4.93. The quantitative estimate of drug-likeness (QED) is 0.916. The third-order valence-corrected chi connectivity index (χ3v) is 4.74. The second-order valence-electron chi connectivity index (χ2n) is 6.19. The van der Waals surface area contributed by atoms with Gasteiger partial charge < -0.3 is 15.1 Å². The topological polar surface area (TPSA) is 48.5 Å². The number of amides is 1. The highest BCUT2D eigenvalue weighted by molar-refractivity contribution is 7.14. The van der Waals surface area contributed by atoms with Crippen LogP contribution in [0.5, 0.6) is 0 Å². The van der Waals surface area contributed by atoms with Crippen LogP contribution in [0.1, 0.15) is 16.9 Å². The summed E-state index contributed by atoms with van der Waals surface area (Å²) in [6.45, 7) is 2.66. The molecule has 1 aliphatic heterocycles. The van der Waals surface area contributed by atoms with Crippen molar-refractivity contribution in [3.05, 3.63) is 41.5 Å². The van der Waals surface area contributed by atoms with Crippen molar-refractivity contribution in [3.63, 3.8) is 0 Å². The molecule has 0 aliphatic carbocycles. The molecule has 1 fully saturated rings. The van der Waals surface area contributed by atoms with E-state index in [4.69, 9.17) is 0 Å². The maximum absolute atomic E-state index is 12.8. The summed E-state index contributed by atoms with van der Waals surface area (Å²) in [5.74, 6) is 0.587. The number of thiazole rings is 1. The molecule has 1 aliphatic rings. The zero-order chi connectivity index (χ0) is 16.2. The largest absolute Gasteiger partial charge is 0.345 e. The minimum atomic E-state index is 0.0333. The summed E-state index contributed by atoms with van der Waals surface area (Å²) in [5, 5.41) is 4.12. The van der Waals surface area contributed by atoms with Gasteiger partial charge >= 0.3 is 0 Å². The second-order valence-corrected chi connectivity index (χ2v) is 7.04. The third kappa shape index (κ3) is 3.89. The predicted octanol–water partition coefficient (Wildman–Crippen LogP) is 2.91. The number of aromatic nitrogens is 1. The smallest absolute Gasteiger partial charge is 0.275 e. The predicted molar refractivity (Wildman–Crippen MR) is 94.4 cm³/mol. The summed E-state index contributed by atoms with van der Waals surface area (Å²) in [6.07, 6.45) is 1.06. The van der Waals surface area contributed by atoms with Crippen LogP contribution in [0.15, 0.2) is 35.8 Å². The highest BCUT2D eigenvalue weighted by Gasteiger charge is 2.29. The Labute approximate surface area is 140 Å². The molecule has 122 valence electrons. The van der Waals surface area contributed by atoms with Crippen LogP contribution in [0.3, 0.4) is 0 Å². The number of rotatable bonds is 5. The number of benzene rings is 1. The molecule has 23 heavy (non-hydrogen) atoms. The van der Waals surface area contributed by atoms with Gasteiger partial charge in [0.15, 0.2) is 5.69 Å². The normalized spacial score (nSPS) is 17.7. The molecule has 1 saturated heterocycles. The minimum absolute atomic E-state index is 0.0333. The van der Waals surface area contributed by atoms with Crippen LogP contribution >= 0.6 is 11.3 Å². The van der Waals surface area contributed by atoms with E-state index < -0.39 is 0 Å². The van der Waals surface area contributed by atoms with Gasteiger partial charge in [0.1, 0.15) is 5.00 Å². The van der Waals surface area contributed by atoms with Crippen molar-refractivity contribution >= 4 is 27.9 Å². The molecule has 1 N–H and O–H groups in total. The lowest BCUT2D eigenvalue weighted by Gasteiger charge is -2.18. The third-order valence-electron chi connectivity index (χ3n) is 4.00. The van der Waals surface area contributed by atoms with Gasteiger partial charge in [-0.3, -0.25) is 4.79 Å². The highest BCUT2D eigenvalue weighted by atomic mass is 32.1. The van der Waals surface area contributed by atoms with E-state index >= 15 is 0 Å². The molecule has 0 spiro atoms. The summed E-state index contributed by atoms with van der Waals surface area (Å²) in [6, 6.07) is 9.88. The summed E-state index contributed by atoms with van der Waals surface area (Å²) in [4.78, 5) is 21.2. The lowest BCUT2D eigenvalue weighted by atomic mass is 10.1. The van der Waals surface area contributed by atoms with Crippen molar-refractivity contribution in [2.75, 3.05) is 39.0 Å². The lowest BCUT2D eigenvalue weighted by Crippen LogP contribution is -2.31. The van der Waals surface area contributed by atoms with Crippen LogP contribution in [-0.2, 0) is 0 Å². The maximum Gasteiger partial charge on any atom is 0.275 e. The Morgan fingerprint density at radius 3 is 2.91 bits per heavy atom. The van der Waals surface area contributed by atoms with E-state index in [1.54, 1.807) is 5.51 Å². The fraction of sp³-hybridized carbons (Fsp3) is 0.412. The Balaban J connectivity index is 1.68. The van der Waals surface area contributed by atoms with Crippen molar-refractivity contribution < 1.29 is 4.79 Å². The number of carbonyl (C=O) groups excluding carboxylic acids is 1. The Bertz CT molecular complexity index is 656. The van der Waals surface area contributed by atoms with Gasteiger partial charge in [0.25, 0.3) is 5.91 Å². The molecule has 1 aromatic heterocycles. The molecule has 1 atom stereocenters. The number of carbonyl (C=O) groups is 1. The van der Waals surface area contributed by atoms with Crippen molar-refractivity contribution in [3.8, 4) is 0 Å². The van der Waals surface area contributed by atoms with Gasteiger partial charge in [-0.2, -0.15) is 0 Å². The molecule has 0 unspecified atom stereocenters.